The molecule has 1 aromatic rings. The first kappa shape index (κ1) is 14.3. The van der Waals surface area contributed by atoms with Crippen LogP contribution in [0, 0.1) is 11.3 Å². The average molecular weight is 274 g/mol. The predicted octanol–water partition coefficient (Wildman–Crippen LogP) is 0.981. The summed E-state index contributed by atoms with van der Waals surface area (Å²) in [5, 5.41) is 8.88. The van der Waals surface area contributed by atoms with Crippen molar-refractivity contribution in [2.45, 2.75) is 25.9 Å². The van der Waals surface area contributed by atoms with E-state index in [0.717, 1.165) is 18.5 Å². The standard InChI is InChI=1S/C14H18N4O2/c1-2-3-11-6-10(7-13(16)17-11)14(19)18-4-5-20-12(8-15)9-18/h6-7,12H,2-5,9H2,1H3,(H2,16,17). The molecule has 2 rings (SSSR count). The maximum absolute atomic E-state index is 12.4. The summed E-state index contributed by atoms with van der Waals surface area (Å²) >= 11 is 0. The highest BCUT2D eigenvalue weighted by Gasteiger charge is 2.25. The van der Waals surface area contributed by atoms with Gasteiger partial charge in [0.05, 0.1) is 19.2 Å². The molecule has 20 heavy (non-hydrogen) atoms. The van der Waals surface area contributed by atoms with Crippen LogP contribution in [0.1, 0.15) is 29.4 Å². The summed E-state index contributed by atoms with van der Waals surface area (Å²) in [6.45, 7) is 3.21. The first-order chi connectivity index (χ1) is 9.63. The summed E-state index contributed by atoms with van der Waals surface area (Å²) in [7, 11) is 0. The van der Waals surface area contributed by atoms with E-state index in [4.69, 9.17) is 15.7 Å². The van der Waals surface area contributed by atoms with E-state index in [1.807, 2.05) is 13.0 Å². The van der Waals surface area contributed by atoms with Crippen LogP contribution in [0.4, 0.5) is 5.82 Å². The molecule has 1 unspecified atom stereocenters. The molecule has 0 bridgehead atoms. The molecule has 0 spiro atoms. The quantitative estimate of drug-likeness (QED) is 0.887. The minimum absolute atomic E-state index is 0.125. The Balaban J connectivity index is 2.18. The zero-order chi connectivity index (χ0) is 14.5. The number of aromatic nitrogens is 1. The highest BCUT2D eigenvalue weighted by atomic mass is 16.5. The molecular weight excluding hydrogens is 256 g/mol. The van der Waals surface area contributed by atoms with Crippen molar-refractivity contribution >= 4 is 11.7 Å². The van der Waals surface area contributed by atoms with Crippen LogP contribution >= 0.6 is 0 Å². The molecule has 1 aliphatic heterocycles. The minimum Gasteiger partial charge on any atom is -0.384 e. The van der Waals surface area contributed by atoms with Gasteiger partial charge in [-0.1, -0.05) is 13.3 Å². The van der Waals surface area contributed by atoms with E-state index in [1.165, 1.54) is 0 Å². The number of morpholine rings is 1. The number of nitriles is 1. The lowest BCUT2D eigenvalue weighted by molar-refractivity contribution is 0.00346. The fourth-order valence-electron chi connectivity index (χ4n) is 2.21. The second-order valence-corrected chi connectivity index (χ2v) is 4.76. The van der Waals surface area contributed by atoms with Gasteiger partial charge in [0.1, 0.15) is 5.82 Å². The van der Waals surface area contributed by atoms with E-state index < -0.39 is 6.10 Å². The fraction of sp³-hybridized carbons (Fsp3) is 0.500. The number of nitrogens with two attached hydrogens (primary N) is 1. The first-order valence-electron chi connectivity index (χ1n) is 6.71. The summed E-state index contributed by atoms with van der Waals surface area (Å²) in [4.78, 5) is 18.3. The van der Waals surface area contributed by atoms with Gasteiger partial charge < -0.3 is 15.4 Å². The van der Waals surface area contributed by atoms with Crippen LogP contribution in [-0.4, -0.2) is 41.6 Å². The third kappa shape index (κ3) is 3.25. The highest BCUT2D eigenvalue weighted by Crippen LogP contribution is 2.14. The number of hydrogen-bond donors (Lipinski definition) is 1. The van der Waals surface area contributed by atoms with Crippen molar-refractivity contribution in [3.63, 3.8) is 0 Å². The second-order valence-electron chi connectivity index (χ2n) is 4.76. The summed E-state index contributed by atoms with van der Waals surface area (Å²) in [5.74, 6) is 0.226. The van der Waals surface area contributed by atoms with Gasteiger partial charge >= 0.3 is 0 Å². The minimum atomic E-state index is -0.554. The molecule has 0 aromatic carbocycles. The van der Waals surface area contributed by atoms with Gasteiger partial charge in [-0.15, -0.1) is 0 Å². The summed E-state index contributed by atoms with van der Waals surface area (Å²) in [6.07, 6.45) is 1.18. The topological polar surface area (TPSA) is 92.2 Å². The molecule has 1 aliphatic rings. The van der Waals surface area contributed by atoms with Gasteiger partial charge in [0.25, 0.3) is 5.91 Å². The van der Waals surface area contributed by atoms with E-state index in [2.05, 4.69) is 4.98 Å². The van der Waals surface area contributed by atoms with Crippen LogP contribution in [0.25, 0.3) is 0 Å². The predicted molar refractivity (Wildman–Crippen MR) is 73.9 cm³/mol. The molecule has 2 N–H and O–H groups in total. The second kappa shape index (κ2) is 6.35. The molecule has 0 radical (unpaired) electrons. The van der Waals surface area contributed by atoms with E-state index in [9.17, 15) is 4.79 Å². The van der Waals surface area contributed by atoms with Gasteiger partial charge in [-0.05, 0) is 18.6 Å². The van der Waals surface area contributed by atoms with Crippen LogP contribution in [0.15, 0.2) is 12.1 Å². The number of hydrogen-bond acceptors (Lipinski definition) is 5. The SMILES string of the molecule is CCCc1cc(C(=O)N2CCOC(C#N)C2)cc(N)n1. The Morgan fingerprint density at radius 1 is 1.65 bits per heavy atom. The fourth-order valence-corrected chi connectivity index (χ4v) is 2.21. The Bertz CT molecular complexity index is 538. The van der Waals surface area contributed by atoms with Crippen molar-refractivity contribution in [1.29, 1.82) is 5.26 Å². The molecule has 6 heteroatoms. The van der Waals surface area contributed by atoms with Gasteiger partial charge in [0.15, 0.2) is 6.10 Å². The smallest absolute Gasteiger partial charge is 0.254 e. The number of carbonyl (C=O) groups is 1. The molecule has 106 valence electrons. The number of ether oxygens (including phenoxy) is 1. The lowest BCUT2D eigenvalue weighted by atomic mass is 10.1. The van der Waals surface area contributed by atoms with Crippen LogP contribution in [0.3, 0.4) is 0 Å². The van der Waals surface area contributed by atoms with Crippen molar-refractivity contribution in [1.82, 2.24) is 9.88 Å². The maximum atomic E-state index is 12.4. The first-order valence-corrected chi connectivity index (χ1v) is 6.71. The molecule has 0 aliphatic carbocycles. The molecule has 6 nitrogen and oxygen atoms in total. The molecule has 0 saturated carbocycles. The monoisotopic (exact) mass is 274 g/mol. The Hall–Kier alpha value is -2.13. The molecule has 1 fully saturated rings. The molecule has 2 heterocycles. The van der Waals surface area contributed by atoms with Crippen molar-refractivity contribution in [3.05, 3.63) is 23.4 Å². The van der Waals surface area contributed by atoms with Crippen LogP contribution in [0.5, 0.6) is 0 Å². The third-order valence-corrected chi connectivity index (χ3v) is 3.15. The van der Waals surface area contributed by atoms with Gasteiger partial charge in [-0.25, -0.2) is 4.98 Å². The van der Waals surface area contributed by atoms with Crippen molar-refractivity contribution in [3.8, 4) is 6.07 Å². The number of carbonyl (C=O) groups excluding carboxylic acids is 1. The molecule has 1 aromatic heterocycles. The summed E-state index contributed by atoms with van der Waals surface area (Å²) in [6, 6.07) is 5.39. The van der Waals surface area contributed by atoms with Crippen LogP contribution in [-0.2, 0) is 11.2 Å². The normalized spacial score (nSPS) is 18.6. The Kier molecular flexibility index (Phi) is 4.53. The maximum Gasteiger partial charge on any atom is 0.254 e. The lowest BCUT2D eigenvalue weighted by Crippen LogP contribution is -2.45. The van der Waals surface area contributed by atoms with Crippen LogP contribution in [0.2, 0.25) is 0 Å². The van der Waals surface area contributed by atoms with E-state index in [0.29, 0.717) is 31.1 Å². The number of anilines is 1. The molecule has 1 atom stereocenters. The summed E-state index contributed by atoms with van der Waals surface area (Å²) < 4.78 is 5.24. The number of pyridine rings is 1. The largest absolute Gasteiger partial charge is 0.384 e. The lowest BCUT2D eigenvalue weighted by Gasteiger charge is -2.29. The Morgan fingerprint density at radius 2 is 2.45 bits per heavy atom. The molecular formula is C14H18N4O2. The van der Waals surface area contributed by atoms with Gasteiger partial charge in [0, 0.05) is 17.8 Å². The summed E-state index contributed by atoms with van der Waals surface area (Å²) in [5.41, 5.74) is 7.10. The van der Waals surface area contributed by atoms with Crippen molar-refractivity contribution < 1.29 is 9.53 Å². The molecule has 1 amide bonds. The van der Waals surface area contributed by atoms with E-state index in [1.54, 1.807) is 17.0 Å². The number of aryl methyl sites for hydroxylation is 1. The zero-order valence-corrected chi connectivity index (χ0v) is 11.5. The number of rotatable bonds is 3. The van der Waals surface area contributed by atoms with Crippen LogP contribution < -0.4 is 5.73 Å². The van der Waals surface area contributed by atoms with E-state index >= 15 is 0 Å². The molecule has 1 saturated heterocycles. The van der Waals surface area contributed by atoms with E-state index in [-0.39, 0.29) is 5.91 Å². The highest BCUT2D eigenvalue weighted by molar-refractivity contribution is 5.95. The van der Waals surface area contributed by atoms with Gasteiger partial charge in [-0.3, -0.25) is 4.79 Å². The number of nitrogen functional groups attached to an aromatic ring is 1. The average Bonchev–Trinajstić information content (AvgIpc) is 2.46. The zero-order valence-electron chi connectivity index (χ0n) is 11.5. The Labute approximate surface area is 118 Å². The third-order valence-electron chi connectivity index (χ3n) is 3.15. The van der Waals surface area contributed by atoms with Gasteiger partial charge in [0.2, 0.25) is 0 Å². The Morgan fingerprint density at radius 3 is 3.15 bits per heavy atom. The number of nitrogens with zero attached hydrogens (tertiary/aromatic N) is 3. The van der Waals surface area contributed by atoms with Crippen molar-refractivity contribution in [2.24, 2.45) is 0 Å². The number of amides is 1. The van der Waals surface area contributed by atoms with Crippen molar-refractivity contribution in [2.75, 3.05) is 25.4 Å². The van der Waals surface area contributed by atoms with Gasteiger partial charge in [-0.2, -0.15) is 5.26 Å².